The number of carbonyl (C=O) groups excluding carboxylic acids is 1. The van der Waals surface area contributed by atoms with E-state index < -0.39 is 0 Å². The number of rotatable bonds is 7. The summed E-state index contributed by atoms with van der Waals surface area (Å²) in [6.45, 7) is 6.79. The number of ether oxygens (including phenoxy) is 2. The molecule has 7 nitrogen and oxygen atoms in total. The molecule has 0 radical (unpaired) electrons. The van der Waals surface area contributed by atoms with Gasteiger partial charge in [0.1, 0.15) is 11.3 Å². The highest BCUT2D eigenvalue weighted by Crippen LogP contribution is 2.25. The first-order chi connectivity index (χ1) is 14.6. The Bertz CT molecular complexity index is 1010. The molecule has 1 aliphatic rings. The topological polar surface area (TPSA) is 59.3 Å². The summed E-state index contributed by atoms with van der Waals surface area (Å²) >= 11 is 0. The highest BCUT2D eigenvalue weighted by Gasteiger charge is 2.23. The van der Waals surface area contributed by atoms with Crippen LogP contribution in [0.25, 0.3) is 5.65 Å². The normalized spacial score (nSPS) is 14.8. The zero-order valence-electron chi connectivity index (χ0n) is 17.6. The minimum absolute atomic E-state index is 0.00973. The average Bonchev–Trinajstić information content (AvgIpc) is 3.20. The Kier molecular flexibility index (Phi) is 6.18. The Balaban J connectivity index is 1.23. The Morgan fingerprint density at radius 3 is 2.63 bits per heavy atom. The molecule has 0 aliphatic carbocycles. The molecule has 0 bridgehead atoms. The molecule has 0 N–H and O–H groups in total. The Morgan fingerprint density at radius 2 is 1.87 bits per heavy atom. The van der Waals surface area contributed by atoms with E-state index in [2.05, 4.69) is 9.88 Å². The van der Waals surface area contributed by atoms with E-state index in [9.17, 15) is 4.79 Å². The quantitative estimate of drug-likeness (QED) is 0.563. The number of piperazine rings is 1. The number of pyridine rings is 1. The van der Waals surface area contributed by atoms with Crippen molar-refractivity contribution in [3.63, 3.8) is 0 Å². The number of carbonyl (C=O) groups is 1. The molecule has 1 amide bonds. The third-order valence-electron chi connectivity index (χ3n) is 5.44. The van der Waals surface area contributed by atoms with Crippen LogP contribution in [0.4, 0.5) is 0 Å². The van der Waals surface area contributed by atoms with Crippen LogP contribution in [0, 0.1) is 6.92 Å². The molecule has 2 aromatic heterocycles. The van der Waals surface area contributed by atoms with Crippen molar-refractivity contribution in [1.82, 2.24) is 19.2 Å². The lowest BCUT2D eigenvalue weighted by molar-refractivity contribution is 0.0625. The number of imidazole rings is 1. The lowest BCUT2D eigenvalue weighted by Crippen LogP contribution is -2.49. The maximum atomic E-state index is 12.8. The summed E-state index contributed by atoms with van der Waals surface area (Å²) in [7, 11) is 1.65. The molecule has 4 rings (SSSR count). The molecular formula is C23H28N4O3. The summed E-state index contributed by atoms with van der Waals surface area (Å²) in [6, 6.07) is 11.7. The molecular weight excluding hydrogens is 380 g/mol. The first-order valence-corrected chi connectivity index (χ1v) is 10.4. The third kappa shape index (κ3) is 4.57. The molecule has 0 saturated carbocycles. The van der Waals surface area contributed by atoms with Crippen molar-refractivity contribution in [3.05, 3.63) is 60.0 Å². The van der Waals surface area contributed by atoms with Crippen molar-refractivity contribution in [3.8, 4) is 11.5 Å². The molecule has 0 atom stereocenters. The molecule has 0 spiro atoms. The molecule has 3 aromatic rings. The molecule has 0 unspecified atom stereocenters. The van der Waals surface area contributed by atoms with Crippen LogP contribution in [0.2, 0.25) is 0 Å². The number of hydrogen-bond acceptors (Lipinski definition) is 5. The van der Waals surface area contributed by atoms with Gasteiger partial charge in [-0.05, 0) is 43.2 Å². The lowest BCUT2D eigenvalue weighted by atomic mass is 10.2. The maximum absolute atomic E-state index is 12.8. The van der Waals surface area contributed by atoms with Gasteiger partial charge < -0.3 is 18.8 Å². The number of methoxy groups -OCH3 is 1. The summed E-state index contributed by atoms with van der Waals surface area (Å²) in [5, 5.41) is 0. The molecule has 7 heteroatoms. The van der Waals surface area contributed by atoms with E-state index in [1.165, 1.54) is 0 Å². The second-order valence-electron chi connectivity index (χ2n) is 7.58. The number of aromatic nitrogens is 2. The second kappa shape index (κ2) is 9.17. The molecule has 1 saturated heterocycles. The summed E-state index contributed by atoms with van der Waals surface area (Å²) in [5.41, 5.74) is 2.46. The number of benzene rings is 1. The standard InChI is InChI=1S/C23H28N4O3/c1-18-8-10-27-17-19(24-22(27)16-18)23(28)26-13-11-25(12-14-26)9-5-15-30-21-7-4-3-6-20(21)29-2/h3-4,6-8,10,16-17H,5,9,11-15H2,1-2H3. The number of aryl methyl sites for hydroxylation is 1. The Hall–Kier alpha value is -3.06. The molecule has 1 aromatic carbocycles. The van der Waals surface area contributed by atoms with Crippen LogP contribution in [0.5, 0.6) is 11.5 Å². The van der Waals surface area contributed by atoms with Gasteiger partial charge >= 0.3 is 0 Å². The fourth-order valence-corrected chi connectivity index (χ4v) is 3.73. The minimum Gasteiger partial charge on any atom is -0.493 e. The zero-order chi connectivity index (χ0) is 20.9. The first-order valence-electron chi connectivity index (χ1n) is 10.4. The minimum atomic E-state index is 0.00973. The van der Waals surface area contributed by atoms with E-state index in [-0.39, 0.29) is 5.91 Å². The number of para-hydroxylation sites is 2. The first kappa shape index (κ1) is 20.2. The van der Waals surface area contributed by atoms with Gasteiger partial charge in [-0.15, -0.1) is 0 Å². The van der Waals surface area contributed by atoms with Gasteiger partial charge in [0, 0.05) is 45.1 Å². The SMILES string of the molecule is COc1ccccc1OCCCN1CCN(C(=O)c2cn3ccc(C)cc3n2)CC1. The Morgan fingerprint density at radius 1 is 1.10 bits per heavy atom. The number of nitrogens with zero attached hydrogens (tertiary/aromatic N) is 4. The van der Waals surface area contributed by atoms with E-state index in [4.69, 9.17) is 9.47 Å². The van der Waals surface area contributed by atoms with E-state index in [0.717, 1.165) is 61.9 Å². The van der Waals surface area contributed by atoms with Crippen LogP contribution < -0.4 is 9.47 Å². The highest BCUT2D eigenvalue weighted by molar-refractivity contribution is 5.93. The smallest absolute Gasteiger partial charge is 0.274 e. The van der Waals surface area contributed by atoms with Crippen molar-refractivity contribution >= 4 is 11.6 Å². The van der Waals surface area contributed by atoms with Gasteiger partial charge in [0.25, 0.3) is 5.91 Å². The van der Waals surface area contributed by atoms with Crippen LogP contribution in [0.1, 0.15) is 22.5 Å². The number of hydrogen-bond donors (Lipinski definition) is 0. The molecule has 3 heterocycles. The van der Waals surface area contributed by atoms with Crippen molar-refractivity contribution in [1.29, 1.82) is 0 Å². The van der Waals surface area contributed by atoms with Crippen molar-refractivity contribution in [2.75, 3.05) is 46.4 Å². The van der Waals surface area contributed by atoms with E-state index in [1.807, 2.05) is 65.0 Å². The van der Waals surface area contributed by atoms with E-state index in [1.54, 1.807) is 7.11 Å². The van der Waals surface area contributed by atoms with Gasteiger partial charge in [-0.3, -0.25) is 9.69 Å². The zero-order valence-corrected chi connectivity index (χ0v) is 17.6. The third-order valence-corrected chi connectivity index (χ3v) is 5.44. The number of fused-ring (bicyclic) bond motifs is 1. The monoisotopic (exact) mass is 408 g/mol. The van der Waals surface area contributed by atoms with Crippen LogP contribution in [-0.4, -0.2) is 71.5 Å². The van der Waals surface area contributed by atoms with E-state index in [0.29, 0.717) is 12.3 Å². The number of amides is 1. The largest absolute Gasteiger partial charge is 0.493 e. The summed E-state index contributed by atoms with van der Waals surface area (Å²) in [6.07, 6.45) is 4.69. The van der Waals surface area contributed by atoms with E-state index >= 15 is 0 Å². The van der Waals surface area contributed by atoms with Crippen LogP contribution in [-0.2, 0) is 0 Å². The van der Waals surface area contributed by atoms with Crippen LogP contribution in [0.15, 0.2) is 48.8 Å². The summed E-state index contributed by atoms with van der Waals surface area (Å²) in [5.74, 6) is 1.54. The summed E-state index contributed by atoms with van der Waals surface area (Å²) in [4.78, 5) is 21.6. The lowest BCUT2D eigenvalue weighted by Gasteiger charge is -2.34. The van der Waals surface area contributed by atoms with Gasteiger partial charge in [0.05, 0.1) is 13.7 Å². The maximum Gasteiger partial charge on any atom is 0.274 e. The van der Waals surface area contributed by atoms with Crippen LogP contribution in [0.3, 0.4) is 0 Å². The second-order valence-corrected chi connectivity index (χ2v) is 7.58. The average molecular weight is 409 g/mol. The predicted octanol–water partition coefficient (Wildman–Crippen LogP) is 2.88. The molecule has 30 heavy (non-hydrogen) atoms. The fraction of sp³-hybridized carbons (Fsp3) is 0.391. The fourth-order valence-electron chi connectivity index (χ4n) is 3.73. The van der Waals surface area contributed by atoms with Gasteiger partial charge in [-0.2, -0.15) is 0 Å². The van der Waals surface area contributed by atoms with Gasteiger partial charge in [0.2, 0.25) is 0 Å². The Labute approximate surface area is 176 Å². The van der Waals surface area contributed by atoms with Crippen molar-refractivity contribution < 1.29 is 14.3 Å². The summed E-state index contributed by atoms with van der Waals surface area (Å²) < 4.78 is 13.1. The van der Waals surface area contributed by atoms with Crippen LogP contribution >= 0.6 is 0 Å². The van der Waals surface area contributed by atoms with Crippen molar-refractivity contribution in [2.45, 2.75) is 13.3 Å². The molecule has 1 aliphatic heterocycles. The van der Waals surface area contributed by atoms with Gasteiger partial charge in [0.15, 0.2) is 11.5 Å². The molecule has 158 valence electrons. The highest BCUT2D eigenvalue weighted by atomic mass is 16.5. The van der Waals surface area contributed by atoms with Gasteiger partial charge in [-0.25, -0.2) is 4.98 Å². The predicted molar refractivity (Wildman–Crippen MR) is 115 cm³/mol. The van der Waals surface area contributed by atoms with Gasteiger partial charge in [-0.1, -0.05) is 12.1 Å². The molecule has 1 fully saturated rings. The van der Waals surface area contributed by atoms with Crippen molar-refractivity contribution in [2.24, 2.45) is 0 Å².